The van der Waals surface area contributed by atoms with E-state index in [1.54, 1.807) is 17.7 Å². The topological polar surface area (TPSA) is 63.8 Å². The molecule has 0 saturated heterocycles. The van der Waals surface area contributed by atoms with Gasteiger partial charge in [0.1, 0.15) is 22.7 Å². The van der Waals surface area contributed by atoms with Crippen LogP contribution in [0.3, 0.4) is 0 Å². The van der Waals surface area contributed by atoms with E-state index < -0.39 is 0 Å². The molecule has 0 spiro atoms. The number of oxazole rings is 1. The Kier molecular flexibility index (Phi) is 2.92. The molecule has 3 aromatic rings. The van der Waals surface area contributed by atoms with Crippen LogP contribution in [-0.4, -0.2) is 15.0 Å². The Morgan fingerprint density at radius 1 is 1.29 bits per heavy atom. The van der Waals surface area contributed by atoms with Crippen LogP contribution >= 0.6 is 11.3 Å². The Bertz CT molecular complexity index is 801. The van der Waals surface area contributed by atoms with Crippen molar-refractivity contribution in [2.45, 2.75) is 39.7 Å². The fourth-order valence-electron chi connectivity index (χ4n) is 2.84. The van der Waals surface area contributed by atoms with Gasteiger partial charge in [-0.15, -0.1) is 11.3 Å². The molecule has 0 aromatic carbocycles. The van der Waals surface area contributed by atoms with Crippen molar-refractivity contribution in [3.63, 3.8) is 0 Å². The molecule has 0 amide bonds. The molecule has 108 valence electrons. The quantitative estimate of drug-likeness (QED) is 0.803. The van der Waals surface area contributed by atoms with E-state index in [1.807, 2.05) is 13.8 Å². The summed E-state index contributed by atoms with van der Waals surface area (Å²) in [4.78, 5) is 15.8. The lowest BCUT2D eigenvalue weighted by Crippen LogP contribution is -2.03. The van der Waals surface area contributed by atoms with E-state index in [0.29, 0.717) is 12.4 Å². The Morgan fingerprint density at radius 2 is 2.19 bits per heavy atom. The molecule has 6 heteroatoms. The molecule has 1 N–H and O–H groups in total. The zero-order valence-corrected chi connectivity index (χ0v) is 12.9. The van der Waals surface area contributed by atoms with Gasteiger partial charge in [0.2, 0.25) is 5.89 Å². The lowest BCUT2D eigenvalue weighted by molar-refractivity contribution is 0.478. The second-order valence-electron chi connectivity index (χ2n) is 5.36. The summed E-state index contributed by atoms with van der Waals surface area (Å²) in [6, 6.07) is 0. The number of hydrogen-bond donors (Lipinski definition) is 1. The maximum Gasteiger partial charge on any atom is 0.213 e. The fourth-order valence-corrected chi connectivity index (χ4v) is 4.07. The number of thiophene rings is 1. The normalized spacial score (nSPS) is 13.8. The Morgan fingerprint density at radius 3 is 3.00 bits per heavy atom. The van der Waals surface area contributed by atoms with E-state index in [1.165, 1.54) is 28.7 Å². The average Bonchev–Trinajstić information content (AvgIpc) is 3.12. The highest BCUT2D eigenvalue weighted by Crippen LogP contribution is 2.39. The first-order valence-electron chi connectivity index (χ1n) is 7.14. The van der Waals surface area contributed by atoms with Gasteiger partial charge in [0.25, 0.3) is 0 Å². The molecular weight excluding hydrogens is 284 g/mol. The lowest BCUT2D eigenvalue weighted by atomic mass is 10.2. The molecule has 3 aromatic heterocycles. The monoisotopic (exact) mass is 300 g/mol. The highest BCUT2D eigenvalue weighted by Gasteiger charge is 2.21. The molecule has 4 rings (SSSR count). The second kappa shape index (κ2) is 4.80. The maximum absolute atomic E-state index is 5.61. The lowest BCUT2D eigenvalue weighted by Gasteiger charge is -2.05. The van der Waals surface area contributed by atoms with Crippen LogP contribution in [0.25, 0.3) is 10.2 Å². The minimum Gasteiger partial charge on any atom is -0.444 e. The number of anilines is 1. The number of fused-ring (bicyclic) bond motifs is 3. The summed E-state index contributed by atoms with van der Waals surface area (Å²) in [6.07, 6.45) is 5.18. The van der Waals surface area contributed by atoms with Crippen molar-refractivity contribution in [3.8, 4) is 0 Å². The molecule has 0 atom stereocenters. The van der Waals surface area contributed by atoms with Crippen molar-refractivity contribution in [2.24, 2.45) is 0 Å². The number of nitrogens with one attached hydrogen (secondary N) is 1. The Labute approximate surface area is 126 Å². The molecule has 0 unspecified atom stereocenters. The number of aromatic nitrogens is 3. The Hall–Kier alpha value is -1.95. The first-order valence-corrected chi connectivity index (χ1v) is 7.96. The highest BCUT2D eigenvalue weighted by molar-refractivity contribution is 7.19. The van der Waals surface area contributed by atoms with Gasteiger partial charge >= 0.3 is 0 Å². The summed E-state index contributed by atoms with van der Waals surface area (Å²) in [5.41, 5.74) is 2.37. The van der Waals surface area contributed by atoms with E-state index >= 15 is 0 Å². The molecule has 0 bridgehead atoms. The maximum atomic E-state index is 5.61. The van der Waals surface area contributed by atoms with Crippen molar-refractivity contribution >= 4 is 27.4 Å². The van der Waals surface area contributed by atoms with Gasteiger partial charge < -0.3 is 9.73 Å². The molecule has 0 aliphatic heterocycles. The van der Waals surface area contributed by atoms with Gasteiger partial charge in [-0.3, -0.25) is 0 Å². The van der Waals surface area contributed by atoms with Crippen LogP contribution in [0.15, 0.2) is 10.7 Å². The van der Waals surface area contributed by atoms with E-state index in [4.69, 9.17) is 4.42 Å². The van der Waals surface area contributed by atoms with Crippen LogP contribution in [0.5, 0.6) is 0 Å². The van der Waals surface area contributed by atoms with Crippen LogP contribution in [0.1, 0.15) is 34.2 Å². The third kappa shape index (κ3) is 2.10. The summed E-state index contributed by atoms with van der Waals surface area (Å²) < 4.78 is 5.61. The zero-order chi connectivity index (χ0) is 14.4. The standard InChI is InChI=1S/C15H16N4OS/c1-8-9(2)20-12(19-8)6-16-14-13-10-4-3-5-11(10)21-15(13)18-7-17-14/h7H,3-6H2,1-2H3,(H,16,17,18). The smallest absolute Gasteiger partial charge is 0.213 e. The van der Waals surface area contributed by atoms with Gasteiger partial charge in [0.15, 0.2) is 0 Å². The van der Waals surface area contributed by atoms with Gasteiger partial charge in [-0.1, -0.05) is 0 Å². The second-order valence-corrected chi connectivity index (χ2v) is 6.45. The van der Waals surface area contributed by atoms with Gasteiger partial charge in [-0.05, 0) is 38.7 Å². The third-order valence-corrected chi connectivity index (χ3v) is 5.18. The van der Waals surface area contributed by atoms with Crippen LogP contribution in [-0.2, 0) is 19.4 Å². The van der Waals surface area contributed by atoms with E-state index in [-0.39, 0.29) is 0 Å². The van der Waals surface area contributed by atoms with Gasteiger partial charge in [-0.25, -0.2) is 15.0 Å². The summed E-state index contributed by atoms with van der Waals surface area (Å²) in [6.45, 7) is 4.43. The molecule has 3 heterocycles. The predicted octanol–water partition coefficient (Wildman–Crippen LogP) is 3.40. The third-order valence-electron chi connectivity index (χ3n) is 3.98. The zero-order valence-electron chi connectivity index (χ0n) is 12.1. The molecular formula is C15H16N4OS. The molecule has 0 radical (unpaired) electrons. The molecule has 0 fully saturated rings. The van der Waals surface area contributed by atoms with Crippen molar-refractivity contribution < 1.29 is 4.42 Å². The molecule has 0 saturated carbocycles. The van der Waals surface area contributed by atoms with Gasteiger partial charge in [-0.2, -0.15) is 0 Å². The summed E-state index contributed by atoms with van der Waals surface area (Å²) in [5, 5.41) is 4.55. The van der Waals surface area contributed by atoms with Crippen LogP contribution in [0.4, 0.5) is 5.82 Å². The minimum atomic E-state index is 0.547. The van der Waals surface area contributed by atoms with Crippen molar-refractivity contribution in [3.05, 3.63) is 34.1 Å². The van der Waals surface area contributed by atoms with Crippen LogP contribution in [0.2, 0.25) is 0 Å². The predicted molar refractivity (Wildman–Crippen MR) is 82.7 cm³/mol. The summed E-state index contributed by atoms with van der Waals surface area (Å²) in [7, 11) is 0. The van der Waals surface area contributed by atoms with Crippen molar-refractivity contribution in [2.75, 3.05) is 5.32 Å². The first-order chi connectivity index (χ1) is 10.2. The first kappa shape index (κ1) is 12.8. The number of hydrogen-bond acceptors (Lipinski definition) is 6. The molecule has 5 nitrogen and oxygen atoms in total. The van der Waals surface area contributed by atoms with Crippen molar-refractivity contribution in [1.82, 2.24) is 15.0 Å². The largest absolute Gasteiger partial charge is 0.444 e. The molecule has 1 aliphatic carbocycles. The number of rotatable bonds is 3. The number of aryl methyl sites for hydroxylation is 4. The van der Waals surface area contributed by atoms with Crippen molar-refractivity contribution in [1.29, 1.82) is 0 Å². The Balaban J connectivity index is 1.67. The minimum absolute atomic E-state index is 0.547. The molecule has 21 heavy (non-hydrogen) atoms. The summed E-state index contributed by atoms with van der Waals surface area (Å²) >= 11 is 1.80. The van der Waals surface area contributed by atoms with Crippen LogP contribution < -0.4 is 5.32 Å². The van der Waals surface area contributed by atoms with E-state index in [2.05, 4.69) is 20.3 Å². The number of nitrogens with zero attached hydrogens (tertiary/aromatic N) is 3. The van der Waals surface area contributed by atoms with Gasteiger partial charge in [0.05, 0.1) is 17.6 Å². The fraction of sp³-hybridized carbons (Fsp3) is 0.400. The highest BCUT2D eigenvalue weighted by atomic mass is 32.1. The SMILES string of the molecule is Cc1nc(CNc2ncnc3sc4c(c23)CCC4)oc1C. The molecule has 1 aliphatic rings. The van der Waals surface area contributed by atoms with E-state index in [0.717, 1.165) is 28.5 Å². The van der Waals surface area contributed by atoms with E-state index in [9.17, 15) is 0 Å². The average molecular weight is 300 g/mol. The van der Waals surface area contributed by atoms with Crippen LogP contribution in [0, 0.1) is 13.8 Å². The van der Waals surface area contributed by atoms with Gasteiger partial charge in [0, 0.05) is 4.88 Å². The summed E-state index contributed by atoms with van der Waals surface area (Å²) in [5.74, 6) is 2.47.